The molecule has 1 aromatic carbocycles. The van der Waals surface area contributed by atoms with Crippen LogP contribution in [0.4, 0.5) is 10.7 Å². The van der Waals surface area contributed by atoms with Crippen LogP contribution in [0.15, 0.2) is 40.1 Å². The molecule has 3 aromatic rings. The third-order valence-corrected chi connectivity index (χ3v) is 5.55. The van der Waals surface area contributed by atoms with Crippen molar-refractivity contribution in [1.29, 1.82) is 0 Å². The van der Waals surface area contributed by atoms with E-state index in [1.54, 1.807) is 50.4 Å². The Morgan fingerprint density at radius 2 is 1.76 bits per heavy atom. The number of esters is 2. The fraction of sp³-hybridized carbons (Fsp3) is 0.250. The van der Waals surface area contributed by atoms with Gasteiger partial charge in [0.2, 0.25) is 5.91 Å². The molecule has 0 bridgehead atoms. The standard InChI is InChI=1S/C24H24N2O7S/c1-5-31-24(30)20-17(18-10-9-14(3)33-18)12-34-22(20)26-19(28)11-32-23(29)16-8-6-7-13(2)21(16)25-15(4)27/h6-10,12H,5,11H2,1-4H3,(H,25,27)(H,26,28). The van der Waals surface area contributed by atoms with Crippen molar-refractivity contribution < 1.29 is 33.1 Å². The molecule has 0 saturated heterocycles. The van der Waals surface area contributed by atoms with Crippen LogP contribution in [0.1, 0.15) is 45.9 Å². The quantitative estimate of drug-likeness (QED) is 0.449. The van der Waals surface area contributed by atoms with Gasteiger partial charge in [-0.05, 0) is 44.5 Å². The lowest BCUT2D eigenvalue weighted by molar-refractivity contribution is -0.119. The molecule has 0 aliphatic rings. The van der Waals surface area contributed by atoms with E-state index >= 15 is 0 Å². The lowest BCUT2D eigenvalue weighted by Crippen LogP contribution is -2.22. The Balaban J connectivity index is 1.75. The van der Waals surface area contributed by atoms with Crippen molar-refractivity contribution >= 4 is 45.8 Å². The smallest absolute Gasteiger partial charge is 0.341 e. The fourth-order valence-electron chi connectivity index (χ4n) is 3.17. The molecule has 3 rings (SSSR count). The van der Waals surface area contributed by atoms with Gasteiger partial charge >= 0.3 is 11.9 Å². The molecule has 178 valence electrons. The highest BCUT2D eigenvalue weighted by molar-refractivity contribution is 7.15. The van der Waals surface area contributed by atoms with E-state index in [1.165, 1.54) is 13.0 Å². The van der Waals surface area contributed by atoms with Gasteiger partial charge < -0.3 is 24.5 Å². The number of anilines is 2. The zero-order valence-electron chi connectivity index (χ0n) is 19.1. The molecule has 2 heterocycles. The van der Waals surface area contributed by atoms with Gasteiger partial charge in [0, 0.05) is 17.9 Å². The summed E-state index contributed by atoms with van der Waals surface area (Å²) in [6.45, 7) is 6.09. The minimum absolute atomic E-state index is 0.127. The first-order valence-corrected chi connectivity index (χ1v) is 11.3. The molecule has 0 fully saturated rings. The zero-order chi connectivity index (χ0) is 24.8. The molecule has 0 aliphatic heterocycles. The summed E-state index contributed by atoms with van der Waals surface area (Å²) >= 11 is 1.12. The van der Waals surface area contributed by atoms with Crippen LogP contribution in [0, 0.1) is 13.8 Å². The maximum Gasteiger partial charge on any atom is 0.341 e. The molecular formula is C24H24N2O7S. The van der Waals surface area contributed by atoms with Gasteiger partial charge in [0.15, 0.2) is 6.61 Å². The van der Waals surface area contributed by atoms with Gasteiger partial charge in [-0.15, -0.1) is 11.3 Å². The highest BCUT2D eigenvalue weighted by atomic mass is 32.1. The van der Waals surface area contributed by atoms with Crippen LogP contribution < -0.4 is 10.6 Å². The normalized spacial score (nSPS) is 10.5. The number of hydrogen-bond acceptors (Lipinski definition) is 8. The van der Waals surface area contributed by atoms with Crippen LogP contribution in [0.5, 0.6) is 0 Å². The first-order chi connectivity index (χ1) is 16.2. The summed E-state index contributed by atoms with van der Waals surface area (Å²) in [5.74, 6) is -1.23. The molecule has 34 heavy (non-hydrogen) atoms. The summed E-state index contributed by atoms with van der Waals surface area (Å²) in [6.07, 6.45) is 0. The second-order valence-corrected chi connectivity index (χ2v) is 8.17. The maximum absolute atomic E-state index is 12.6. The average Bonchev–Trinajstić information content (AvgIpc) is 3.39. The molecule has 2 amide bonds. The highest BCUT2D eigenvalue weighted by Gasteiger charge is 2.25. The first kappa shape index (κ1) is 24.7. The van der Waals surface area contributed by atoms with Gasteiger partial charge in [-0.3, -0.25) is 9.59 Å². The lowest BCUT2D eigenvalue weighted by Gasteiger charge is -2.12. The van der Waals surface area contributed by atoms with Crippen molar-refractivity contribution in [1.82, 2.24) is 0 Å². The molecule has 0 aliphatic carbocycles. The van der Waals surface area contributed by atoms with E-state index in [0.717, 1.165) is 11.3 Å². The van der Waals surface area contributed by atoms with Gasteiger partial charge in [-0.25, -0.2) is 9.59 Å². The van der Waals surface area contributed by atoms with Gasteiger partial charge in [-0.1, -0.05) is 12.1 Å². The summed E-state index contributed by atoms with van der Waals surface area (Å²) < 4.78 is 15.9. The highest BCUT2D eigenvalue weighted by Crippen LogP contribution is 2.37. The van der Waals surface area contributed by atoms with Crippen molar-refractivity contribution in [2.24, 2.45) is 0 Å². The third kappa shape index (κ3) is 5.70. The fourth-order valence-corrected chi connectivity index (χ4v) is 4.12. The predicted octanol–water partition coefficient (Wildman–Crippen LogP) is 4.56. The lowest BCUT2D eigenvalue weighted by atomic mass is 10.1. The largest absolute Gasteiger partial charge is 0.462 e. The number of thiophene rings is 1. The van der Waals surface area contributed by atoms with Crippen LogP contribution in [-0.4, -0.2) is 37.0 Å². The van der Waals surface area contributed by atoms with Crippen LogP contribution >= 0.6 is 11.3 Å². The van der Waals surface area contributed by atoms with Crippen LogP contribution in [-0.2, 0) is 19.1 Å². The van der Waals surface area contributed by atoms with Crippen LogP contribution in [0.25, 0.3) is 11.3 Å². The van der Waals surface area contributed by atoms with Gasteiger partial charge in [0.1, 0.15) is 22.1 Å². The number of carbonyl (C=O) groups excluding carboxylic acids is 4. The summed E-state index contributed by atoms with van der Waals surface area (Å²) in [7, 11) is 0. The van der Waals surface area contributed by atoms with E-state index in [-0.39, 0.29) is 28.6 Å². The number of rotatable bonds is 8. The summed E-state index contributed by atoms with van der Waals surface area (Å²) in [5, 5.41) is 7.13. The van der Waals surface area contributed by atoms with Crippen LogP contribution in [0.2, 0.25) is 0 Å². The molecule has 0 radical (unpaired) electrons. The molecule has 9 nitrogen and oxygen atoms in total. The second kappa shape index (κ2) is 10.8. The number of carbonyl (C=O) groups is 4. The number of furan rings is 1. The van der Waals surface area contributed by atoms with E-state index in [0.29, 0.717) is 28.3 Å². The predicted molar refractivity (Wildman–Crippen MR) is 127 cm³/mol. The van der Waals surface area contributed by atoms with Crippen molar-refractivity contribution in [2.75, 3.05) is 23.8 Å². The molecule has 2 aromatic heterocycles. The number of amides is 2. The third-order valence-electron chi connectivity index (χ3n) is 4.66. The maximum atomic E-state index is 12.6. The van der Waals surface area contributed by atoms with E-state index in [1.807, 2.05) is 0 Å². The Labute approximate surface area is 200 Å². The zero-order valence-corrected chi connectivity index (χ0v) is 20.0. The summed E-state index contributed by atoms with van der Waals surface area (Å²) in [6, 6.07) is 8.36. The Hall–Kier alpha value is -3.92. The van der Waals surface area contributed by atoms with E-state index in [4.69, 9.17) is 13.9 Å². The minimum Gasteiger partial charge on any atom is -0.462 e. The van der Waals surface area contributed by atoms with Crippen molar-refractivity contribution in [3.05, 3.63) is 58.2 Å². The Morgan fingerprint density at radius 3 is 2.41 bits per heavy atom. The number of hydrogen-bond donors (Lipinski definition) is 2. The summed E-state index contributed by atoms with van der Waals surface area (Å²) in [4.78, 5) is 49.2. The molecule has 0 spiro atoms. The van der Waals surface area contributed by atoms with Gasteiger partial charge in [0.25, 0.3) is 5.91 Å². The van der Waals surface area contributed by atoms with Crippen LogP contribution in [0.3, 0.4) is 0 Å². The van der Waals surface area contributed by atoms with E-state index in [2.05, 4.69) is 10.6 Å². The average molecular weight is 485 g/mol. The molecule has 10 heteroatoms. The first-order valence-electron chi connectivity index (χ1n) is 10.4. The number of aryl methyl sites for hydroxylation is 2. The number of benzene rings is 1. The molecule has 0 atom stereocenters. The van der Waals surface area contributed by atoms with Gasteiger partial charge in [-0.2, -0.15) is 0 Å². The number of ether oxygens (including phenoxy) is 2. The SMILES string of the molecule is CCOC(=O)c1c(-c2ccc(C)o2)csc1NC(=O)COC(=O)c1cccc(C)c1NC(C)=O. The summed E-state index contributed by atoms with van der Waals surface area (Å²) in [5.41, 5.74) is 1.77. The second-order valence-electron chi connectivity index (χ2n) is 7.29. The number of para-hydroxylation sites is 1. The van der Waals surface area contributed by atoms with Crippen molar-refractivity contribution in [2.45, 2.75) is 27.7 Å². The Bertz CT molecular complexity index is 1240. The Kier molecular flexibility index (Phi) is 7.85. The van der Waals surface area contributed by atoms with E-state index < -0.39 is 24.5 Å². The van der Waals surface area contributed by atoms with Crippen molar-refractivity contribution in [3.8, 4) is 11.3 Å². The monoisotopic (exact) mass is 484 g/mol. The molecule has 2 N–H and O–H groups in total. The van der Waals surface area contributed by atoms with E-state index in [9.17, 15) is 19.2 Å². The Morgan fingerprint density at radius 1 is 1.00 bits per heavy atom. The molecule has 0 unspecified atom stereocenters. The number of nitrogens with one attached hydrogen (secondary N) is 2. The van der Waals surface area contributed by atoms with Crippen molar-refractivity contribution in [3.63, 3.8) is 0 Å². The molecule has 0 saturated carbocycles. The van der Waals surface area contributed by atoms with Gasteiger partial charge in [0.05, 0.1) is 17.9 Å². The minimum atomic E-state index is -0.772. The molecular weight excluding hydrogens is 460 g/mol. The topological polar surface area (TPSA) is 124 Å².